The summed E-state index contributed by atoms with van der Waals surface area (Å²) < 4.78 is 4.51. The first-order chi connectivity index (χ1) is 10.5. The summed E-state index contributed by atoms with van der Waals surface area (Å²) in [5.74, 6) is 0. The van der Waals surface area contributed by atoms with Crippen LogP contribution in [-0.4, -0.2) is 19.6 Å². The van der Waals surface area contributed by atoms with E-state index in [1.165, 1.54) is 17.7 Å². The van der Waals surface area contributed by atoms with Gasteiger partial charge in [-0.25, -0.2) is 4.68 Å². The number of fused-ring (bicyclic) bond motifs is 2. The van der Waals surface area contributed by atoms with Crippen molar-refractivity contribution >= 4 is 11.0 Å². The van der Waals surface area contributed by atoms with Gasteiger partial charge >= 0.3 is 0 Å². The van der Waals surface area contributed by atoms with Crippen LogP contribution in [0.2, 0.25) is 0 Å². The Kier molecular flexibility index (Phi) is 2.90. The van der Waals surface area contributed by atoms with Crippen LogP contribution >= 0.6 is 0 Å². The van der Waals surface area contributed by atoms with Crippen molar-refractivity contribution in [3.63, 3.8) is 0 Å². The van der Waals surface area contributed by atoms with Crippen LogP contribution in [0.25, 0.3) is 11.0 Å². The lowest BCUT2D eigenvalue weighted by atomic mass is 9.89. The monoisotopic (exact) mass is 294 g/mol. The zero-order valence-corrected chi connectivity index (χ0v) is 13.5. The van der Waals surface area contributed by atoms with E-state index in [0.717, 1.165) is 24.0 Å². The summed E-state index contributed by atoms with van der Waals surface area (Å²) in [5.41, 5.74) is 5.05. The molecule has 114 valence electrons. The van der Waals surface area contributed by atoms with Gasteiger partial charge in [0.2, 0.25) is 0 Å². The molecule has 0 saturated carbocycles. The number of nitrogens with zero attached hydrogens (tertiary/aromatic N) is 4. The van der Waals surface area contributed by atoms with Gasteiger partial charge in [-0.1, -0.05) is 38.1 Å². The van der Waals surface area contributed by atoms with Gasteiger partial charge in [0.1, 0.15) is 5.52 Å². The van der Waals surface area contributed by atoms with Crippen molar-refractivity contribution in [3.05, 3.63) is 47.8 Å². The summed E-state index contributed by atoms with van der Waals surface area (Å²) in [4.78, 5) is 0. The lowest BCUT2D eigenvalue weighted by Gasteiger charge is -2.25. The predicted molar refractivity (Wildman–Crippen MR) is 88.0 cm³/mol. The minimum atomic E-state index is 0.180. The summed E-state index contributed by atoms with van der Waals surface area (Å²) >= 11 is 0. The van der Waals surface area contributed by atoms with Crippen molar-refractivity contribution in [2.24, 2.45) is 0 Å². The molecular formula is C18H22N4. The van der Waals surface area contributed by atoms with Crippen molar-refractivity contribution in [2.45, 2.75) is 51.6 Å². The Morgan fingerprint density at radius 1 is 1.18 bits per heavy atom. The molecule has 1 aliphatic rings. The van der Waals surface area contributed by atoms with Gasteiger partial charge in [0, 0.05) is 18.4 Å². The van der Waals surface area contributed by atoms with Crippen molar-refractivity contribution in [1.29, 1.82) is 0 Å². The first-order valence-electron chi connectivity index (χ1n) is 8.04. The van der Waals surface area contributed by atoms with Crippen LogP contribution in [0.4, 0.5) is 0 Å². The smallest absolute Gasteiger partial charge is 0.113 e. The minimum Gasteiger partial charge on any atom is -0.349 e. The average molecular weight is 294 g/mol. The molecule has 0 spiro atoms. The fraction of sp³-hybridized carbons (Fsp3) is 0.444. The van der Waals surface area contributed by atoms with Crippen molar-refractivity contribution in [3.8, 4) is 0 Å². The van der Waals surface area contributed by atoms with Gasteiger partial charge in [-0.2, -0.15) is 0 Å². The largest absolute Gasteiger partial charge is 0.349 e. The van der Waals surface area contributed by atoms with Gasteiger partial charge in [-0.3, -0.25) is 0 Å². The third kappa shape index (κ3) is 2.05. The van der Waals surface area contributed by atoms with E-state index in [9.17, 15) is 0 Å². The molecule has 1 atom stereocenters. The maximum Gasteiger partial charge on any atom is 0.113 e. The van der Waals surface area contributed by atoms with Crippen molar-refractivity contribution < 1.29 is 0 Å². The van der Waals surface area contributed by atoms with E-state index in [-0.39, 0.29) is 11.5 Å². The number of hydrogen-bond donors (Lipinski definition) is 0. The van der Waals surface area contributed by atoms with E-state index in [0.29, 0.717) is 0 Å². The predicted octanol–water partition coefficient (Wildman–Crippen LogP) is 3.91. The SMILES string of the molecule is CC(C)(C)c1cc2n(c1)CCCC2n1nnc2ccccc21. The first-order valence-corrected chi connectivity index (χ1v) is 8.04. The molecular weight excluding hydrogens is 272 g/mol. The van der Waals surface area contributed by atoms with Crippen molar-refractivity contribution in [2.75, 3.05) is 0 Å². The van der Waals surface area contributed by atoms with Crippen LogP contribution in [0.1, 0.15) is 50.9 Å². The number of rotatable bonds is 1. The normalized spacial score (nSPS) is 18.6. The second-order valence-corrected chi connectivity index (χ2v) is 7.28. The topological polar surface area (TPSA) is 35.6 Å². The van der Waals surface area contributed by atoms with E-state index in [1.54, 1.807) is 0 Å². The van der Waals surface area contributed by atoms with Crippen LogP contribution in [-0.2, 0) is 12.0 Å². The molecule has 0 fully saturated rings. The van der Waals surface area contributed by atoms with Gasteiger partial charge in [0.25, 0.3) is 0 Å². The Bertz CT molecular complexity index is 819. The third-order valence-electron chi connectivity index (χ3n) is 4.69. The Balaban J connectivity index is 1.84. The molecule has 1 aliphatic heterocycles. The molecule has 0 amide bonds. The summed E-state index contributed by atoms with van der Waals surface area (Å²) in [7, 11) is 0. The van der Waals surface area contributed by atoms with E-state index in [4.69, 9.17) is 0 Å². The summed E-state index contributed by atoms with van der Waals surface area (Å²) in [6, 6.07) is 10.9. The minimum absolute atomic E-state index is 0.180. The number of aryl methyl sites for hydroxylation is 1. The second kappa shape index (κ2) is 4.70. The van der Waals surface area contributed by atoms with Gasteiger partial charge in [-0.15, -0.1) is 5.10 Å². The zero-order chi connectivity index (χ0) is 15.3. The number of aromatic nitrogens is 4. The zero-order valence-electron chi connectivity index (χ0n) is 13.5. The molecule has 0 aliphatic carbocycles. The van der Waals surface area contributed by atoms with Gasteiger partial charge in [0.15, 0.2) is 0 Å². The van der Waals surface area contributed by atoms with Gasteiger partial charge in [-0.05, 0) is 42.0 Å². The quantitative estimate of drug-likeness (QED) is 0.682. The third-order valence-corrected chi connectivity index (χ3v) is 4.69. The van der Waals surface area contributed by atoms with E-state index in [2.05, 4.69) is 64.7 Å². The standard InChI is InChI=1S/C18H22N4/c1-18(2,3)13-11-17-16(9-6-10-21(17)12-13)22-15-8-5-4-7-14(15)19-20-22/h4-5,7-8,11-12,16H,6,9-10H2,1-3H3. The highest BCUT2D eigenvalue weighted by molar-refractivity contribution is 5.74. The maximum absolute atomic E-state index is 4.44. The highest BCUT2D eigenvalue weighted by atomic mass is 15.4. The lowest BCUT2D eigenvalue weighted by molar-refractivity contribution is 0.390. The summed E-state index contributed by atoms with van der Waals surface area (Å²) in [6.07, 6.45) is 4.63. The number of hydrogen-bond acceptors (Lipinski definition) is 2. The highest BCUT2D eigenvalue weighted by Crippen LogP contribution is 2.35. The molecule has 2 aromatic heterocycles. The molecule has 0 bridgehead atoms. The molecule has 1 unspecified atom stereocenters. The van der Waals surface area contributed by atoms with Gasteiger partial charge < -0.3 is 4.57 Å². The molecule has 3 heterocycles. The maximum atomic E-state index is 4.44. The Hall–Kier alpha value is -2.10. The number of benzene rings is 1. The molecule has 0 radical (unpaired) electrons. The van der Waals surface area contributed by atoms with Crippen LogP contribution < -0.4 is 0 Å². The lowest BCUT2D eigenvalue weighted by Crippen LogP contribution is -2.21. The second-order valence-electron chi connectivity index (χ2n) is 7.28. The van der Waals surface area contributed by atoms with E-state index >= 15 is 0 Å². The molecule has 4 heteroatoms. The van der Waals surface area contributed by atoms with Crippen LogP contribution in [0.5, 0.6) is 0 Å². The fourth-order valence-corrected chi connectivity index (χ4v) is 3.38. The average Bonchev–Trinajstić information content (AvgIpc) is 3.10. The summed E-state index contributed by atoms with van der Waals surface area (Å²) in [5, 5.41) is 8.77. The van der Waals surface area contributed by atoms with Crippen LogP contribution in [0.3, 0.4) is 0 Å². The molecule has 4 nitrogen and oxygen atoms in total. The molecule has 0 N–H and O–H groups in total. The highest BCUT2D eigenvalue weighted by Gasteiger charge is 2.27. The van der Waals surface area contributed by atoms with Gasteiger partial charge in [0.05, 0.1) is 11.6 Å². The Morgan fingerprint density at radius 2 is 2.00 bits per heavy atom. The molecule has 3 aromatic rings. The molecule has 4 rings (SSSR count). The Labute approximate surface area is 130 Å². The molecule has 0 saturated heterocycles. The molecule has 1 aromatic carbocycles. The van der Waals surface area contributed by atoms with Crippen molar-refractivity contribution in [1.82, 2.24) is 19.6 Å². The van der Waals surface area contributed by atoms with Crippen LogP contribution in [0, 0.1) is 0 Å². The van der Waals surface area contributed by atoms with E-state index in [1.807, 2.05) is 12.1 Å². The summed E-state index contributed by atoms with van der Waals surface area (Å²) in [6.45, 7) is 7.92. The first kappa shape index (κ1) is 13.6. The number of para-hydroxylation sites is 1. The fourth-order valence-electron chi connectivity index (χ4n) is 3.38. The molecule has 22 heavy (non-hydrogen) atoms. The van der Waals surface area contributed by atoms with E-state index < -0.39 is 0 Å². The van der Waals surface area contributed by atoms with Crippen LogP contribution in [0.15, 0.2) is 36.5 Å². The Morgan fingerprint density at radius 3 is 2.82 bits per heavy atom.